The maximum absolute atomic E-state index is 5.55. The maximum atomic E-state index is 5.55. The van der Waals surface area contributed by atoms with Crippen molar-refractivity contribution in [3.8, 4) is 0 Å². The summed E-state index contributed by atoms with van der Waals surface area (Å²) in [5.74, 6) is 1.38. The van der Waals surface area contributed by atoms with Gasteiger partial charge in [-0.05, 0) is 29.0 Å². The van der Waals surface area contributed by atoms with Gasteiger partial charge in [-0.15, -0.1) is 0 Å². The average molecular weight is 218 g/mol. The van der Waals surface area contributed by atoms with Gasteiger partial charge in [0.2, 0.25) is 0 Å². The summed E-state index contributed by atoms with van der Waals surface area (Å²) in [6, 6.07) is 6.64. The third-order valence-corrected chi connectivity index (χ3v) is 3.89. The second kappa shape index (κ2) is 4.19. The van der Waals surface area contributed by atoms with Gasteiger partial charge in [-0.2, -0.15) is 0 Å². The van der Waals surface area contributed by atoms with Crippen LogP contribution in [0, 0.1) is 5.92 Å². The van der Waals surface area contributed by atoms with Gasteiger partial charge in [0, 0.05) is 5.92 Å². The molecule has 0 aromatic heterocycles. The van der Waals surface area contributed by atoms with Crippen LogP contribution in [0.15, 0.2) is 18.2 Å². The largest absolute Gasteiger partial charge is 0.381 e. The van der Waals surface area contributed by atoms with Crippen molar-refractivity contribution < 1.29 is 9.47 Å². The highest BCUT2D eigenvalue weighted by molar-refractivity contribution is 5.39. The molecule has 0 N–H and O–H groups in total. The molecule has 0 saturated carbocycles. The SMILES string of the molecule is CCC(c1cccc2c1COC2)C1COC1. The van der Waals surface area contributed by atoms with Crippen LogP contribution in [0.4, 0.5) is 0 Å². The normalized spacial score (nSPS) is 21.6. The van der Waals surface area contributed by atoms with Crippen molar-refractivity contribution in [1.82, 2.24) is 0 Å². The zero-order valence-corrected chi connectivity index (χ0v) is 9.74. The lowest BCUT2D eigenvalue weighted by Crippen LogP contribution is -2.33. The zero-order valence-electron chi connectivity index (χ0n) is 9.74. The third-order valence-electron chi connectivity index (χ3n) is 3.89. The highest BCUT2D eigenvalue weighted by Gasteiger charge is 2.30. The Balaban J connectivity index is 1.95. The van der Waals surface area contributed by atoms with E-state index >= 15 is 0 Å². The predicted octanol–water partition coefficient (Wildman–Crippen LogP) is 2.86. The predicted molar refractivity (Wildman–Crippen MR) is 62.3 cm³/mol. The Morgan fingerprint density at radius 1 is 1.25 bits per heavy atom. The van der Waals surface area contributed by atoms with Gasteiger partial charge < -0.3 is 9.47 Å². The van der Waals surface area contributed by atoms with Gasteiger partial charge in [0.15, 0.2) is 0 Å². The van der Waals surface area contributed by atoms with Crippen LogP contribution in [-0.2, 0) is 22.7 Å². The molecule has 2 heteroatoms. The van der Waals surface area contributed by atoms with Gasteiger partial charge >= 0.3 is 0 Å². The lowest BCUT2D eigenvalue weighted by Gasteiger charge is -2.34. The van der Waals surface area contributed by atoms with Crippen LogP contribution in [0.1, 0.15) is 36.0 Å². The standard InChI is InChI=1S/C14H18O2/c1-2-12(11-7-15-8-11)13-5-3-4-10-6-16-9-14(10)13/h3-5,11-12H,2,6-9H2,1H3. The van der Waals surface area contributed by atoms with Crippen molar-refractivity contribution in [2.75, 3.05) is 13.2 Å². The van der Waals surface area contributed by atoms with E-state index in [1.807, 2.05) is 0 Å². The summed E-state index contributed by atoms with van der Waals surface area (Å²) in [7, 11) is 0. The van der Waals surface area contributed by atoms with Crippen LogP contribution in [0.5, 0.6) is 0 Å². The van der Waals surface area contributed by atoms with Crippen LogP contribution in [-0.4, -0.2) is 13.2 Å². The van der Waals surface area contributed by atoms with Gasteiger partial charge in [-0.3, -0.25) is 0 Å². The third kappa shape index (κ3) is 1.57. The van der Waals surface area contributed by atoms with Crippen molar-refractivity contribution in [2.45, 2.75) is 32.5 Å². The van der Waals surface area contributed by atoms with Crippen molar-refractivity contribution in [3.05, 3.63) is 34.9 Å². The van der Waals surface area contributed by atoms with Crippen molar-refractivity contribution in [1.29, 1.82) is 0 Å². The lowest BCUT2D eigenvalue weighted by atomic mass is 9.80. The summed E-state index contributed by atoms with van der Waals surface area (Å²) in [5, 5.41) is 0. The minimum Gasteiger partial charge on any atom is -0.381 e. The summed E-state index contributed by atoms with van der Waals surface area (Å²) in [5.41, 5.74) is 4.34. The Morgan fingerprint density at radius 3 is 2.81 bits per heavy atom. The second-order valence-corrected chi connectivity index (χ2v) is 4.79. The van der Waals surface area contributed by atoms with Gasteiger partial charge in [0.25, 0.3) is 0 Å². The summed E-state index contributed by atoms with van der Waals surface area (Å²) in [4.78, 5) is 0. The molecule has 2 aliphatic heterocycles. The monoisotopic (exact) mass is 218 g/mol. The van der Waals surface area contributed by atoms with Crippen LogP contribution in [0.3, 0.4) is 0 Å². The summed E-state index contributed by atoms with van der Waals surface area (Å²) in [6.45, 7) is 5.74. The first kappa shape index (κ1) is 10.3. The number of benzene rings is 1. The van der Waals surface area contributed by atoms with Crippen molar-refractivity contribution >= 4 is 0 Å². The number of rotatable bonds is 3. The molecule has 2 nitrogen and oxygen atoms in total. The molecule has 1 aromatic rings. The topological polar surface area (TPSA) is 18.5 Å². The molecule has 86 valence electrons. The molecule has 1 aromatic carbocycles. The van der Waals surface area contributed by atoms with E-state index in [2.05, 4.69) is 25.1 Å². The van der Waals surface area contributed by atoms with Gasteiger partial charge in [-0.1, -0.05) is 25.1 Å². The second-order valence-electron chi connectivity index (χ2n) is 4.79. The zero-order chi connectivity index (χ0) is 11.0. The van der Waals surface area contributed by atoms with E-state index in [1.165, 1.54) is 23.1 Å². The number of ether oxygens (including phenoxy) is 2. The first-order valence-electron chi connectivity index (χ1n) is 6.16. The molecule has 0 radical (unpaired) electrons. The van der Waals surface area contributed by atoms with Crippen LogP contribution in [0.25, 0.3) is 0 Å². The number of hydrogen-bond donors (Lipinski definition) is 0. The molecule has 1 atom stereocenters. The van der Waals surface area contributed by atoms with E-state index in [0.29, 0.717) is 5.92 Å². The van der Waals surface area contributed by atoms with Gasteiger partial charge in [0.1, 0.15) is 0 Å². The molecule has 0 spiro atoms. The average Bonchev–Trinajstić information content (AvgIpc) is 2.70. The fourth-order valence-corrected chi connectivity index (χ4v) is 2.87. The molecule has 1 fully saturated rings. The molecule has 2 heterocycles. The molecule has 0 bridgehead atoms. The molecule has 0 amide bonds. The van der Waals surface area contributed by atoms with Gasteiger partial charge in [-0.25, -0.2) is 0 Å². The molecule has 1 saturated heterocycles. The maximum Gasteiger partial charge on any atom is 0.0727 e. The fraction of sp³-hybridized carbons (Fsp3) is 0.571. The molecular formula is C14H18O2. The van der Waals surface area contributed by atoms with Crippen molar-refractivity contribution in [3.63, 3.8) is 0 Å². The Kier molecular flexibility index (Phi) is 2.70. The number of hydrogen-bond acceptors (Lipinski definition) is 2. The molecule has 16 heavy (non-hydrogen) atoms. The van der Waals surface area contributed by atoms with E-state index in [4.69, 9.17) is 9.47 Å². The Hall–Kier alpha value is -0.860. The van der Waals surface area contributed by atoms with E-state index in [0.717, 1.165) is 32.3 Å². The van der Waals surface area contributed by atoms with Gasteiger partial charge in [0.05, 0.1) is 26.4 Å². The smallest absolute Gasteiger partial charge is 0.0727 e. The molecular weight excluding hydrogens is 200 g/mol. The first-order chi connectivity index (χ1) is 7.90. The highest BCUT2D eigenvalue weighted by Crippen LogP contribution is 2.37. The summed E-state index contributed by atoms with van der Waals surface area (Å²) >= 11 is 0. The molecule has 2 aliphatic rings. The molecule has 0 aliphatic carbocycles. The van der Waals surface area contributed by atoms with Crippen LogP contribution >= 0.6 is 0 Å². The van der Waals surface area contributed by atoms with E-state index in [9.17, 15) is 0 Å². The fourth-order valence-electron chi connectivity index (χ4n) is 2.87. The van der Waals surface area contributed by atoms with Crippen LogP contribution in [0.2, 0.25) is 0 Å². The lowest BCUT2D eigenvalue weighted by molar-refractivity contribution is -0.0458. The van der Waals surface area contributed by atoms with E-state index in [-0.39, 0.29) is 0 Å². The summed E-state index contributed by atoms with van der Waals surface area (Å²) in [6.07, 6.45) is 1.20. The Morgan fingerprint density at radius 2 is 2.12 bits per heavy atom. The minimum atomic E-state index is 0.658. The summed E-state index contributed by atoms with van der Waals surface area (Å²) < 4.78 is 10.9. The molecule has 1 unspecified atom stereocenters. The van der Waals surface area contributed by atoms with E-state index < -0.39 is 0 Å². The first-order valence-corrected chi connectivity index (χ1v) is 6.16. The molecule has 3 rings (SSSR count). The van der Waals surface area contributed by atoms with Crippen LogP contribution < -0.4 is 0 Å². The highest BCUT2D eigenvalue weighted by atomic mass is 16.5. The van der Waals surface area contributed by atoms with E-state index in [1.54, 1.807) is 0 Å². The Bertz CT molecular complexity index is 382. The quantitative estimate of drug-likeness (QED) is 0.776. The minimum absolute atomic E-state index is 0.658. The van der Waals surface area contributed by atoms with Crippen molar-refractivity contribution in [2.24, 2.45) is 5.92 Å². The Labute approximate surface area is 96.6 Å². The number of fused-ring (bicyclic) bond motifs is 1.